The van der Waals surface area contributed by atoms with Crippen LogP contribution in [-0.4, -0.2) is 26.6 Å². The summed E-state index contributed by atoms with van der Waals surface area (Å²) in [6, 6.07) is 2.17. The van der Waals surface area contributed by atoms with Crippen LogP contribution in [0.3, 0.4) is 0 Å². The van der Waals surface area contributed by atoms with Gasteiger partial charge >= 0.3 is 0 Å². The molecule has 0 aliphatic carbocycles. The molecule has 1 aromatic carbocycles. The van der Waals surface area contributed by atoms with E-state index in [2.05, 4.69) is 33.9 Å². The monoisotopic (exact) mass is 332 g/mol. The van der Waals surface area contributed by atoms with Gasteiger partial charge in [0.15, 0.2) is 8.32 Å². The molecule has 22 heavy (non-hydrogen) atoms. The average Bonchev–Trinajstić information content (AvgIpc) is 2.36. The quantitative estimate of drug-likeness (QED) is 0.599. The maximum Gasteiger partial charge on any atom is 0.191 e. The number of hydrogen-bond donors (Lipinski definition) is 1. The lowest BCUT2D eigenvalue weighted by Gasteiger charge is -2.36. The topological polar surface area (TPSA) is 38.7 Å². The molecule has 3 nitrogen and oxygen atoms in total. The van der Waals surface area contributed by atoms with Crippen molar-refractivity contribution in [1.29, 1.82) is 0 Å². The van der Waals surface area contributed by atoms with E-state index < -0.39 is 26.6 Å². The molecule has 6 heteroatoms. The van der Waals surface area contributed by atoms with Crippen molar-refractivity contribution < 1.29 is 23.1 Å². The standard InChI is InChI=1S/C16H26F2O3Si/c1-16(2,3)22(4,5)21-8-6-7-20-12-9-14(17)13(11-19)15(18)10-12/h9-10,19H,6-8,11H2,1-5H3. The van der Waals surface area contributed by atoms with Crippen LogP contribution in [0, 0.1) is 11.6 Å². The van der Waals surface area contributed by atoms with Gasteiger partial charge in [0, 0.05) is 30.7 Å². The van der Waals surface area contributed by atoms with Gasteiger partial charge in [-0.3, -0.25) is 0 Å². The lowest BCUT2D eigenvalue weighted by Crippen LogP contribution is -2.41. The van der Waals surface area contributed by atoms with Crippen molar-refractivity contribution >= 4 is 8.32 Å². The summed E-state index contributed by atoms with van der Waals surface area (Å²) in [6.45, 7) is 11.1. The fraction of sp³-hybridized carbons (Fsp3) is 0.625. The van der Waals surface area contributed by atoms with Crippen LogP contribution >= 0.6 is 0 Å². The third-order valence-electron chi connectivity index (χ3n) is 4.10. The molecule has 0 saturated heterocycles. The van der Waals surface area contributed by atoms with Crippen LogP contribution in [0.4, 0.5) is 8.78 Å². The Morgan fingerprint density at radius 2 is 1.64 bits per heavy atom. The summed E-state index contributed by atoms with van der Waals surface area (Å²) in [5.41, 5.74) is -0.339. The highest BCUT2D eigenvalue weighted by Crippen LogP contribution is 2.36. The van der Waals surface area contributed by atoms with Gasteiger partial charge in [-0.2, -0.15) is 0 Å². The average molecular weight is 332 g/mol. The second-order valence-electron chi connectivity index (χ2n) is 6.83. The van der Waals surface area contributed by atoms with E-state index >= 15 is 0 Å². The Bertz CT molecular complexity index is 476. The SMILES string of the molecule is CC(C)(C)[Si](C)(C)OCCCOc1cc(F)c(CO)c(F)c1. The number of rotatable bonds is 7. The van der Waals surface area contributed by atoms with Crippen molar-refractivity contribution in [1.82, 2.24) is 0 Å². The minimum atomic E-state index is -1.77. The number of aliphatic hydroxyl groups is 1. The van der Waals surface area contributed by atoms with Crippen molar-refractivity contribution in [3.05, 3.63) is 29.3 Å². The summed E-state index contributed by atoms with van der Waals surface area (Å²) < 4.78 is 38.3. The van der Waals surface area contributed by atoms with Crippen LogP contribution in [0.2, 0.25) is 18.1 Å². The Morgan fingerprint density at radius 1 is 1.09 bits per heavy atom. The predicted octanol–water partition coefficient (Wildman–Crippen LogP) is 4.25. The van der Waals surface area contributed by atoms with E-state index in [1.54, 1.807) is 0 Å². The molecule has 0 aliphatic heterocycles. The van der Waals surface area contributed by atoms with Crippen LogP contribution < -0.4 is 4.74 Å². The Kier molecular flexibility index (Phi) is 6.52. The normalized spacial score (nSPS) is 12.5. The van der Waals surface area contributed by atoms with Gasteiger partial charge in [-0.1, -0.05) is 20.8 Å². The molecule has 0 heterocycles. The van der Waals surface area contributed by atoms with Crippen LogP contribution in [-0.2, 0) is 11.0 Å². The molecule has 0 spiro atoms. The molecule has 1 rings (SSSR count). The van der Waals surface area contributed by atoms with E-state index in [0.29, 0.717) is 19.6 Å². The summed E-state index contributed by atoms with van der Waals surface area (Å²) >= 11 is 0. The predicted molar refractivity (Wildman–Crippen MR) is 85.5 cm³/mol. The Morgan fingerprint density at radius 3 is 2.09 bits per heavy atom. The van der Waals surface area contributed by atoms with E-state index in [1.807, 2.05) is 0 Å². The lowest BCUT2D eigenvalue weighted by molar-refractivity contribution is 0.232. The fourth-order valence-corrected chi connectivity index (χ4v) is 2.69. The number of aliphatic hydroxyl groups excluding tert-OH is 1. The minimum Gasteiger partial charge on any atom is -0.493 e. The van der Waals surface area contributed by atoms with Crippen LogP contribution in [0.15, 0.2) is 12.1 Å². The van der Waals surface area contributed by atoms with E-state index in [4.69, 9.17) is 14.3 Å². The van der Waals surface area contributed by atoms with Gasteiger partial charge in [-0.05, 0) is 18.1 Å². The zero-order chi connectivity index (χ0) is 17.0. The smallest absolute Gasteiger partial charge is 0.191 e. The van der Waals surface area contributed by atoms with Crippen molar-refractivity contribution in [2.75, 3.05) is 13.2 Å². The maximum absolute atomic E-state index is 13.5. The second-order valence-corrected chi connectivity index (χ2v) is 11.6. The third-order valence-corrected chi connectivity index (χ3v) is 8.64. The first-order chi connectivity index (χ1) is 10.1. The number of halogens is 2. The molecule has 126 valence electrons. The molecular weight excluding hydrogens is 306 g/mol. The van der Waals surface area contributed by atoms with Crippen molar-refractivity contribution in [3.63, 3.8) is 0 Å². The zero-order valence-corrected chi connectivity index (χ0v) is 15.0. The van der Waals surface area contributed by atoms with Crippen LogP contribution in [0.1, 0.15) is 32.8 Å². The molecule has 1 aromatic rings. The van der Waals surface area contributed by atoms with E-state index in [9.17, 15) is 8.78 Å². The van der Waals surface area contributed by atoms with Crippen LogP contribution in [0.25, 0.3) is 0 Å². The lowest BCUT2D eigenvalue weighted by atomic mass is 10.2. The fourth-order valence-electron chi connectivity index (χ4n) is 1.61. The molecular formula is C16H26F2O3Si. The molecule has 0 aliphatic rings. The van der Waals surface area contributed by atoms with Gasteiger partial charge < -0.3 is 14.3 Å². The van der Waals surface area contributed by atoms with Crippen molar-refractivity contribution in [2.45, 2.75) is 51.9 Å². The van der Waals surface area contributed by atoms with E-state index in [-0.39, 0.29) is 16.4 Å². The molecule has 0 fully saturated rings. The van der Waals surface area contributed by atoms with Gasteiger partial charge in [0.25, 0.3) is 0 Å². The number of ether oxygens (including phenoxy) is 1. The summed E-state index contributed by atoms with van der Waals surface area (Å²) in [5, 5.41) is 9.00. The zero-order valence-electron chi connectivity index (χ0n) is 14.0. The third kappa shape index (κ3) is 5.03. The molecule has 0 radical (unpaired) electrons. The van der Waals surface area contributed by atoms with Gasteiger partial charge in [-0.25, -0.2) is 8.78 Å². The summed E-state index contributed by atoms with van der Waals surface area (Å²) in [6.07, 6.45) is 0.650. The molecule has 1 N–H and O–H groups in total. The Balaban J connectivity index is 2.43. The van der Waals surface area contributed by atoms with Crippen LogP contribution in [0.5, 0.6) is 5.75 Å². The highest BCUT2D eigenvalue weighted by atomic mass is 28.4. The first-order valence-electron chi connectivity index (χ1n) is 7.44. The van der Waals surface area contributed by atoms with E-state index in [1.165, 1.54) is 0 Å². The Hall–Kier alpha value is -0.983. The number of hydrogen-bond acceptors (Lipinski definition) is 3. The van der Waals surface area contributed by atoms with Crippen molar-refractivity contribution in [3.8, 4) is 5.75 Å². The largest absolute Gasteiger partial charge is 0.493 e. The first-order valence-corrected chi connectivity index (χ1v) is 10.3. The summed E-state index contributed by atoms with van der Waals surface area (Å²) in [5.74, 6) is -1.47. The van der Waals surface area contributed by atoms with Gasteiger partial charge in [0.1, 0.15) is 17.4 Å². The van der Waals surface area contributed by atoms with Gasteiger partial charge in [0.2, 0.25) is 0 Å². The second kappa shape index (κ2) is 7.52. The highest BCUT2D eigenvalue weighted by molar-refractivity contribution is 6.74. The first kappa shape index (κ1) is 19.1. The number of benzene rings is 1. The molecule has 0 aromatic heterocycles. The van der Waals surface area contributed by atoms with Crippen molar-refractivity contribution in [2.24, 2.45) is 0 Å². The maximum atomic E-state index is 13.5. The Labute approximate surface area is 132 Å². The van der Waals surface area contributed by atoms with Gasteiger partial charge in [-0.15, -0.1) is 0 Å². The molecule has 0 atom stereocenters. The summed E-state index contributed by atoms with van der Waals surface area (Å²) in [4.78, 5) is 0. The molecule has 0 amide bonds. The molecule has 0 unspecified atom stereocenters. The van der Waals surface area contributed by atoms with E-state index in [0.717, 1.165) is 12.1 Å². The highest BCUT2D eigenvalue weighted by Gasteiger charge is 2.36. The minimum absolute atomic E-state index is 0.125. The van der Waals surface area contributed by atoms with Gasteiger partial charge in [0.05, 0.1) is 13.2 Å². The molecule has 0 bridgehead atoms. The molecule has 0 saturated carbocycles. The summed E-state index contributed by atoms with van der Waals surface area (Å²) in [7, 11) is -1.77.